The van der Waals surface area contributed by atoms with Crippen LogP contribution in [0, 0.1) is 24.0 Å². The maximum atomic E-state index is 13.6. The highest BCUT2D eigenvalue weighted by Crippen LogP contribution is 2.26. The van der Waals surface area contributed by atoms with Gasteiger partial charge in [-0.05, 0) is 42.0 Å². The highest BCUT2D eigenvalue weighted by atomic mass is 32.1. The van der Waals surface area contributed by atoms with Gasteiger partial charge in [0.15, 0.2) is 11.9 Å². The number of carbonyl (C=O) groups is 1. The number of aryl methyl sites for hydroxylation is 2. The molecule has 1 aliphatic heterocycles. The Morgan fingerprint density at radius 2 is 1.71 bits per heavy atom. The van der Waals surface area contributed by atoms with E-state index in [4.69, 9.17) is 0 Å². The SMILES string of the molecule is Cc1ccc(-n2nc(C(=O)N3CCN(c4ccc([N+](=O)[O-])nc4)CC3)c3csc(C)c3c2=O)cc1. The molecule has 1 saturated heterocycles. The first-order valence-corrected chi connectivity index (χ1v) is 11.9. The van der Waals surface area contributed by atoms with E-state index in [-0.39, 0.29) is 23.0 Å². The van der Waals surface area contributed by atoms with Gasteiger partial charge in [0.1, 0.15) is 0 Å². The molecular formula is C24H22N6O4S. The van der Waals surface area contributed by atoms with Crippen LogP contribution in [0.1, 0.15) is 20.9 Å². The monoisotopic (exact) mass is 490 g/mol. The number of piperazine rings is 1. The van der Waals surface area contributed by atoms with Gasteiger partial charge in [0.05, 0.1) is 16.8 Å². The molecule has 0 aliphatic carbocycles. The zero-order chi connectivity index (χ0) is 24.7. The summed E-state index contributed by atoms with van der Waals surface area (Å²) in [6, 6.07) is 10.5. The van der Waals surface area contributed by atoms with Gasteiger partial charge in [0.2, 0.25) is 0 Å². The molecule has 0 spiro atoms. The van der Waals surface area contributed by atoms with E-state index in [0.29, 0.717) is 42.6 Å². The topological polar surface area (TPSA) is 114 Å². The molecule has 1 aliphatic rings. The molecule has 11 heteroatoms. The molecule has 4 heterocycles. The molecule has 1 amide bonds. The van der Waals surface area contributed by atoms with Gasteiger partial charge in [-0.1, -0.05) is 17.7 Å². The minimum Gasteiger partial charge on any atom is -0.365 e. The molecule has 3 aromatic heterocycles. The first-order valence-electron chi connectivity index (χ1n) is 11.1. The van der Waals surface area contributed by atoms with E-state index >= 15 is 0 Å². The van der Waals surface area contributed by atoms with E-state index in [1.807, 2.05) is 48.4 Å². The Hall–Kier alpha value is -4.12. The van der Waals surface area contributed by atoms with E-state index in [0.717, 1.165) is 16.1 Å². The van der Waals surface area contributed by atoms with Crippen LogP contribution in [-0.4, -0.2) is 56.7 Å². The summed E-state index contributed by atoms with van der Waals surface area (Å²) in [5.74, 6) is -0.428. The lowest BCUT2D eigenvalue weighted by Gasteiger charge is -2.35. The van der Waals surface area contributed by atoms with Gasteiger partial charge in [-0.15, -0.1) is 11.3 Å². The lowest BCUT2D eigenvalue weighted by molar-refractivity contribution is -0.389. The van der Waals surface area contributed by atoms with Gasteiger partial charge in [-0.3, -0.25) is 9.59 Å². The number of carbonyl (C=O) groups excluding carboxylic acids is 1. The summed E-state index contributed by atoms with van der Waals surface area (Å²) in [7, 11) is 0. The number of benzene rings is 1. The average molecular weight is 491 g/mol. The van der Waals surface area contributed by atoms with Crippen molar-refractivity contribution < 1.29 is 9.72 Å². The number of hydrogen-bond donors (Lipinski definition) is 0. The van der Waals surface area contributed by atoms with Crippen molar-refractivity contribution in [3.8, 4) is 5.69 Å². The fourth-order valence-corrected chi connectivity index (χ4v) is 5.05. The maximum absolute atomic E-state index is 13.6. The van der Waals surface area contributed by atoms with Crippen LogP contribution >= 0.6 is 11.3 Å². The van der Waals surface area contributed by atoms with Crippen molar-refractivity contribution in [2.45, 2.75) is 13.8 Å². The molecule has 4 aromatic rings. The fraction of sp³-hybridized carbons (Fsp3) is 0.250. The standard InChI is InChI=1S/C24H22N6O4S/c1-15-3-5-17(6-4-15)29-23(31)21-16(2)35-14-19(21)22(26-29)24(32)28-11-9-27(10-12-28)18-7-8-20(25-13-18)30(33)34/h3-8,13-14H,9-12H2,1-2H3. The number of rotatable bonds is 4. The third kappa shape index (κ3) is 4.14. The number of hydrogen-bond acceptors (Lipinski definition) is 8. The number of fused-ring (bicyclic) bond motifs is 1. The first kappa shape index (κ1) is 22.7. The van der Waals surface area contributed by atoms with Gasteiger partial charge in [0, 0.05) is 47.9 Å². The number of aromatic nitrogens is 3. The van der Waals surface area contributed by atoms with Crippen molar-refractivity contribution in [1.29, 1.82) is 0 Å². The quantitative estimate of drug-likeness (QED) is 0.318. The van der Waals surface area contributed by atoms with Gasteiger partial charge in [0.25, 0.3) is 11.5 Å². The van der Waals surface area contributed by atoms with Gasteiger partial charge >= 0.3 is 5.82 Å². The first-order chi connectivity index (χ1) is 16.8. The van der Waals surface area contributed by atoms with Crippen LogP contribution in [0.4, 0.5) is 11.5 Å². The van der Waals surface area contributed by atoms with Crippen LogP contribution < -0.4 is 10.5 Å². The molecule has 0 saturated carbocycles. The van der Waals surface area contributed by atoms with Crippen molar-refractivity contribution in [2.75, 3.05) is 31.1 Å². The smallest absolute Gasteiger partial charge is 0.363 e. The molecule has 0 radical (unpaired) electrons. The molecule has 0 unspecified atom stereocenters. The lowest BCUT2D eigenvalue weighted by atomic mass is 10.1. The van der Waals surface area contributed by atoms with Crippen LogP contribution in [0.15, 0.2) is 52.8 Å². The second-order valence-electron chi connectivity index (χ2n) is 8.39. The molecule has 10 nitrogen and oxygen atoms in total. The highest BCUT2D eigenvalue weighted by molar-refractivity contribution is 7.11. The second-order valence-corrected chi connectivity index (χ2v) is 9.48. The number of nitrogens with zero attached hydrogens (tertiary/aromatic N) is 6. The van der Waals surface area contributed by atoms with Crippen molar-refractivity contribution in [3.05, 3.63) is 84.6 Å². The van der Waals surface area contributed by atoms with Crippen LogP contribution in [-0.2, 0) is 0 Å². The van der Waals surface area contributed by atoms with Crippen molar-refractivity contribution in [2.24, 2.45) is 0 Å². The molecule has 178 valence electrons. The third-order valence-corrected chi connectivity index (χ3v) is 7.08. The van der Waals surface area contributed by atoms with Crippen molar-refractivity contribution in [1.82, 2.24) is 19.7 Å². The Bertz CT molecular complexity index is 1490. The molecule has 5 rings (SSSR count). The minimum atomic E-state index is -0.531. The van der Waals surface area contributed by atoms with Crippen LogP contribution in [0.2, 0.25) is 0 Å². The highest BCUT2D eigenvalue weighted by Gasteiger charge is 2.27. The van der Waals surface area contributed by atoms with Gasteiger partial charge in [-0.25, -0.2) is 0 Å². The molecule has 1 fully saturated rings. The Morgan fingerprint density at radius 3 is 2.34 bits per heavy atom. The summed E-state index contributed by atoms with van der Waals surface area (Å²) in [5.41, 5.74) is 2.46. The summed E-state index contributed by atoms with van der Waals surface area (Å²) < 4.78 is 1.31. The maximum Gasteiger partial charge on any atom is 0.363 e. The van der Waals surface area contributed by atoms with E-state index in [1.54, 1.807) is 11.0 Å². The molecule has 0 N–H and O–H groups in total. The molecule has 1 aromatic carbocycles. The Morgan fingerprint density at radius 1 is 1.03 bits per heavy atom. The fourth-order valence-electron chi connectivity index (χ4n) is 4.21. The summed E-state index contributed by atoms with van der Waals surface area (Å²) in [5, 5.41) is 18.3. The zero-order valence-electron chi connectivity index (χ0n) is 19.2. The number of nitro groups is 1. The van der Waals surface area contributed by atoms with E-state index in [9.17, 15) is 19.7 Å². The molecule has 0 atom stereocenters. The van der Waals surface area contributed by atoms with E-state index in [2.05, 4.69) is 10.1 Å². The molecule has 35 heavy (non-hydrogen) atoms. The number of thiophene rings is 1. The number of anilines is 1. The summed E-state index contributed by atoms with van der Waals surface area (Å²) in [4.78, 5) is 45.6. The Kier molecular flexibility index (Phi) is 5.77. The molecule has 0 bridgehead atoms. The number of amides is 1. The summed E-state index contributed by atoms with van der Waals surface area (Å²) in [6.45, 7) is 5.84. The largest absolute Gasteiger partial charge is 0.365 e. The zero-order valence-corrected chi connectivity index (χ0v) is 20.0. The third-order valence-electron chi connectivity index (χ3n) is 6.17. The molecular weight excluding hydrogens is 468 g/mol. The minimum absolute atomic E-state index is 0.201. The predicted molar refractivity (Wildman–Crippen MR) is 134 cm³/mol. The van der Waals surface area contributed by atoms with Crippen molar-refractivity contribution in [3.63, 3.8) is 0 Å². The van der Waals surface area contributed by atoms with E-state index < -0.39 is 4.92 Å². The summed E-state index contributed by atoms with van der Waals surface area (Å²) >= 11 is 1.43. The van der Waals surface area contributed by atoms with Gasteiger partial charge in [-0.2, -0.15) is 9.78 Å². The lowest BCUT2D eigenvalue weighted by Crippen LogP contribution is -2.49. The van der Waals surface area contributed by atoms with E-state index in [1.165, 1.54) is 28.3 Å². The van der Waals surface area contributed by atoms with Crippen LogP contribution in [0.25, 0.3) is 16.5 Å². The Labute approximate surface area is 204 Å². The Balaban J connectivity index is 1.43. The number of pyridine rings is 1. The van der Waals surface area contributed by atoms with Crippen LogP contribution in [0.3, 0.4) is 0 Å². The average Bonchev–Trinajstić information content (AvgIpc) is 3.27. The van der Waals surface area contributed by atoms with Crippen LogP contribution in [0.5, 0.6) is 0 Å². The van der Waals surface area contributed by atoms with Gasteiger partial charge < -0.3 is 19.9 Å². The summed E-state index contributed by atoms with van der Waals surface area (Å²) in [6.07, 6.45) is 1.48. The second kappa shape index (κ2) is 8.91. The predicted octanol–water partition coefficient (Wildman–Crippen LogP) is 3.33. The van der Waals surface area contributed by atoms with Crippen molar-refractivity contribution >= 4 is 39.5 Å². The normalized spacial score (nSPS) is 13.9.